The first-order valence-electron chi connectivity index (χ1n) is 6.77. The number of thiocarbonyl (C=S) groups is 1. The quantitative estimate of drug-likeness (QED) is 0.818. The molecule has 1 aliphatic carbocycles. The molecule has 0 amide bonds. The normalized spacial score (nSPS) is 22.4. The molecule has 3 N–H and O–H groups in total. The topological polar surface area (TPSA) is 50.9 Å². The van der Waals surface area contributed by atoms with Crippen molar-refractivity contribution in [2.24, 2.45) is 5.73 Å². The van der Waals surface area contributed by atoms with E-state index in [0.29, 0.717) is 16.3 Å². The van der Waals surface area contributed by atoms with Crippen molar-refractivity contribution in [1.82, 2.24) is 4.98 Å². The van der Waals surface area contributed by atoms with E-state index in [0.717, 1.165) is 22.7 Å². The maximum atomic E-state index is 5.83. The Morgan fingerprint density at radius 2 is 2.37 bits per heavy atom. The molecule has 0 bridgehead atoms. The van der Waals surface area contributed by atoms with E-state index in [2.05, 4.69) is 17.2 Å². The second-order valence-corrected chi connectivity index (χ2v) is 6.85. The van der Waals surface area contributed by atoms with Crippen molar-refractivity contribution < 1.29 is 0 Å². The van der Waals surface area contributed by atoms with E-state index in [9.17, 15) is 0 Å². The number of nitrogens with one attached hydrogen (secondary N) is 1. The molecule has 1 aromatic heterocycles. The monoisotopic (exact) mass is 295 g/mol. The van der Waals surface area contributed by atoms with Gasteiger partial charge in [0.05, 0.1) is 5.56 Å². The first-order valence-corrected chi connectivity index (χ1v) is 8.22. The van der Waals surface area contributed by atoms with Gasteiger partial charge >= 0.3 is 0 Å². The summed E-state index contributed by atoms with van der Waals surface area (Å²) in [5, 5.41) is 4.24. The molecule has 2 unspecified atom stereocenters. The highest BCUT2D eigenvalue weighted by atomic mass is 32.2. The molecule has 5 heteroatoms. The van der Waals surface area contributed by atoms with Gasteiger partial charge in [-0.15, -0.1) is 0 Å². The number of aryl methyl sites for hydroxylation is 1. The third kappa shape index (κ3) is 3.39. The Bertz CT molecular complexity index is 462. The SMILES string of the molecule is CCSC1CCCC1Nc1nccc(C)c1C(N)=S. The minimum atomic E-state index is 0.422. The zero-order valence-electron chi connectivity index (χ0n) is 11.5. The highest BCUT2D eigenvalue weighted by Gasteiger charge is 2.28. The van der Waals surface area contributed by atoms with Crippen molar-refractivity contribution in [3.8, 4) is 0 Å². The first kappa shape index (κ1) is 14.6. The Morgan fingerprint density at radius 3 is 3.05 bits per heavy atom. The van der Waals surface area contributed by atoms with Gasteiger partial charge < -0.3 is 11.1 Å². The van der Waals surface area contributed by atoms with Crippen molar-refractivity contribution in [3.05, 3.63) is 23.4 Å². The van der Waals surface area contributed by atoms with Crippen LogP contribution in [0, 0.1) is 6.92 Å². The number of thioether (sulfide) groups is 1. The van der Waals surface area contributed by atoms with E-state index in [1.165, 1.54) is 19.3 Å². The molecule has 0 saturated heterocycles. The van der Waals surface area contributed by atoms with Gasteiger partial charge in [0, 0.05) is 17.5 Å². The number of nitrogens with zero attached hydrogens (tertiary/aromatic N) is 1. The van der Waals surface area contributed by atoms with E-state index in [-0.39, 0.29) is 0 Å². The van der Waals surface area contributed by atoms with Gasteiger partial charge in [0.25, 0.3) is 0 Å². The van der Waals surface area contributed by atoms with Crippen LogP contribution < -0.4 is 11.1 Å². The molecule has 1 fully saturated rings. The lowest BCUT2D eigenvalue weighted by atomic mass is 10.1. The molecule has 1 heterocycles. The molecule has 0 spiro atoms. The van der Waals surface area contributed by atoms with E-state index >= 15 is 0 Å². The summed E-state index contributed by atoms with van der Waals surface area (Å²) < 4.78 is 0. The Hall–Kier alpha value is -0.810. The van der Waals surface area contributed by atoms with Gasteiger partial charge in [-0.2, -0.15) is 11.8 Å². The molecule has 19 heavy (non-hydrogen) atoms. The molecule has 0 aliphatic heterocycles. The van der Waals surface area contributed by atoms with Gasteiger partial charge in [0.15, 0.2) is 0 Å². The van der Waals surface area contributed by atoms with E-state index in [4.69, 9.17) is 18.0 Å². The van der Waals surface area contributed by atoms with Crippen LogP contribution in [0.25, 0.3) is 0 Å². The molecule has 1 aliphatic rings. The standard InChI is InChI=1S/C14H21N3S2/c1-3-19-11-6-4-5-10(11)17-14-12(13(15)18)9(2)7-8-16-14/h7-8,10-11H,3-6H2,1-2H3,(H2,15,18)(H,16,17). The van der Waals surface area contributed by atoms with Crippen LogP contribution in [-0.2, 0) is 0 Å². The van der Waals surface area contributed by atoms with Crippen molar-refractivity contribution in [2.45, 2.75) is 44.4 Å². The summed E-state index contributed by atoms with van der Waals surface area (Å²) >= 11 is 7.18. The minimum Gasteiger partial charge on any atom is -0.389 e. The summed E-state index contributed by atoms with van der Waals surface area (Å²) in [6.07, 6.45) is 5.58. The van der Waals surface area contributed by atoms with Gasteiger partial charge in [-0.3, -0.25) is 0 Å². The summed E-state index contributed by atoms with van der Waals surface area (Å²) in [5.41, 5.74) is 7.81. The molecule has 1 aromatic rings. The molecule has 3 nitrogen and oxygen atoms in total. The van der Waals surface area contributed by atoms with Crippen molar-refractivity contribution in [1.29, 1.82) is 0 Å². The Morgan fingerprint density at radius 1 is 1.58 bits per heavy atom. The predicted octanol–water partition coefficient (Wildman–Crippen LogP) is 3.11. The van der Waals surface area contributed by atoms with Crippen LogP contribution in [0.5, 0.6) is 0 Å². The van der Waals surface area contributed by atoms with E-state index in [1.807, 2.05) is 30.9 Å². The smallest absolute Gasteiger partial charge is 0.136 e. The molecular weight excluding hydrogens is 274 g/mol. The third-order valence-electron chi connectivity index (χ3n) is 3.56. The lowest BCUT2D eigenvalue weighted by Gasteiger charge is -2.22. The fourth-order valence-electron chi connectivity index (χ4n) is 2.66. The van der Waals surface area contributed by atoms with Crippen LogP contribution in [0.1, 0.15) is 37.3 Å². The lowest BCUT2D eigenvalue weighted by molar-refractivity contribution is 0.762. The summed E-state index contributed by atoms with van der Waals surface area (Å²) in [6, 6.07) is 2.43. The molecular formula is C14H21N3S2. The lowest BCUT2D eigenvalue weighted by Crippen LogP contribution is -2.28. The number of hydrogen-bond acceptors (Lipinski definition) is 4. The van der Waals surface area contributed by atoms with Gasteiger partial charge in [-0.25, -0.2) is 4.98 Å². The maximum Gasteiger partial charge on any atom is 0.136 e. The molecule has 0 aromatic carbocycles. The molecule has 0 radical (unpaired) electrons. The van der Waals surface area contributed by atoms with E-state index in [1.54, 1.807) is 0 Å². The highest BCUT2D eigenvalue weighted by molar-refractivity contribution is 7.99. The van der Waals surface area contributed by atoms with Crippen LogP contribution in [0.3, 0.4) is 0 Å². The minimum absolute atomic E-state index is 0.422. The maximum absolute atomic E-state index is 5.83. The van der Waals surface area contributed by atoms with Crippen molar-refractivity contribution in [2.75, 3.05) is 11.1 Å². The van der Waals surface area contributed by atoms with Gasteiger partial charge in [-0.1, -0.05) is 25.6 Å². The number of nitrogens with two attached hydrogens (primary N) is 1. The number of anilines is 1. The zero-order valence-corrected chi connectivity index (χ0v) is 13.1. The zero-order chi connectivity index (χ0) is 13.8. The van der Waals surface area contributed by atoms with Crippen molar-refractivity contribution in [3.63, 3.8) is 0 Å². The third-order valence-corrected chi connectivity index (χ3v) is 5.09. The molecule has 104 valence electrons. The fourth-order valence-corrected chi connectivity index (χ4v) is 4.11. The van der Waals surface area contributed by atoms with Gasteiger partial charge in [0.1, 0.15) is 10.8 Å². The summed E-state index contributed by atoms with van der Waals surface area (Å²) in [6.45, 7) is 4.24. The van der Waals surface area contributed by atoms with E-state index < -0.39 is 0 Å². The van der Waals surface area contributed by atoms with Crippen LogP contribution in [0.2, 0.25) is 0 Å². The summed E-state index contributed by atoms with van der Waals surface area (Å²) in [5.74, 6) is 2.01. The first-order chi connectivity index (χ1) is 9.13. The second kappa shape index (κ2) is 6.57. The Labute approximate surface area is 124 Å². The summed E-state index contributed by atoms with van der Waals surface area (Å²) in [4.78, 5) is 4.85. The van der Waals surface area contributed by atoms with Crippen LogP contribution in [0.4, 0.5) is 5.82 Å². The Balaban J connectivity index is 2.19. The van der Waals surface area contributed by atoms with Crippen LogP contribution in [-0.4, -0.2) is 27.0 Å². The number of aromatic nitrogens is 1. The summed E-state index contributed by atoms with van der Waals surface area (Å²) in [7, 11) is 0. The number of rotatable bonds is 5. The highest BCUT2D eigenvalue weighted by Crippen LogP contribution is 2.32. The largest absolute Gasteiger partial charge is 0.389 e. The average Bonchev–Trinajstić information content (AvgIpc) is 2.77. The fraction of sp³-hybridized carbons (Fsp3) is 0.571. The molecule has 1 saturated carbocycles. The predicted molar refractivity (Wildman–Crippen MR) is 88.0 cm³/mol. The molecule has 2 rings (SSSR count). The Kier molecular flexibility index (Phi) is 5.05. The molecule has 2 atom stereocenters. The average molecular weight is 295 g/mol. The van der Waals surface area contributed by atoms with Crippen LogP contribution in [0.15, 0.2) is 12.3 Å². The van der Waals surface area contributed by atoms with Crippen LogP contribution >= 0.6 is 24.0 Å². The van der Waals surface area contributed by atoms with Crippen molar-refractivity contribution >= 4 is 34.8 Å². The number of pyridine rings is 1. The van der Waals surface area contributed by atoms with Gasteiger partial charge in [-0.05, 0) is 37.1 Å². The van der Waals surface area contributed by atoms with Gasteiger partial charge in [0.2, 0.25) is 0 Å². The second-order valence-electron chi connectivity index (χ2n) is 4.89. The number of hydrogen-bond donors (Lipinski definition) is 2.